The first-order chi connectivity index (χ1) is 19.3. The Morgan fingerprint density at radius 1 is 1.05 bits per heavy atom. The van der Waals surface area contributed by atoms with E-state index >= 15 is 4.39 Å². The summed E-state index contributed by atoms with van der Waals surface area (Å²) < 4.78 is 37.1. The van der Waals surface area contributed by atoms with Crippen LogP contribution in [-0.2, 0) is 0 Å². The van der Waals surface area contributed by atoms with Crippen LogP contribution in [0, 0.1) is 11.6 Å². The third-order valence-corrected chi connectivity index (χ3v) is 9.31. The molecular weight excluding hydrogens is 520 g/mol. The molecule has 4 aliphatic heterocycles. The first-order valence-electron chi connectivity index (χ1n) is 14.0. The van der Waals surface area contributed by atoms with Gasteiger partial charge >= 0.3 is 12.1 Å². The molecule has 4 saturated heterocycles. The second-order valence-electron chi connectivity index (χ2n) is 11.5. The third-order valence-electron chi connectivity index (χ3n) is 9.31. The van der Waals surface area contributed by atoms with Gasteiger partial charge in [0.15, 0.2) is 5.82 Å². The van der Waals surface area contributed by atoms with E-state index in [-0.39, 0.29) is 46.0 Å². The monoisotopic (exact) mass is 551 g/mol. The van der Waals surface area contributed by atoms with Crippen molar-refractivity contribution in [2.45, 2.75) is 56.1 Å². The van der Waals surface area contributed by atoms with Gasteiger partial charge in [-0.25, -0.2) is 13.6 Å². The number of aromatic hydroxyl groups is 1. The lowest BCUT2D eigenvalue weighted by molar-refractivity contribution is 0.107. The first kappa shape index (κ1) is 25.3. The molecule has 2 atom stereocenters. The van der Waals surface area contributed by atoms with Crippen LogP contribution in [0.1, 0.15) is 38.5 Å². The van der Waals surface area contributed by atoms with Crippen molar-refractivity contribution in [1.29, 1.82) is 0 Å². The fraction of sp³-hybridized carbons (Fsp3) is 0.483. The number of anilines is 1. The highest BCUT2D eigenvalue weighted by Gasteiger charge is 2.46. The van der Waals surface area contributed by atoms with Gasteiger partial charge < -0.3 is 19.8 Å². The van der Waals surface area contributed by atoms with E-state index in [9.17, 15) is 19.4 Å². The molecule has 0 spiro atoms. The normalized spacial score (nSPS) is 23.6. The second kappa shape index (κ2) is 9.43. The Morgan fingerprint density at radius 3 is 2.45 bits per heavy atom. The average Bonchev–Trinajstić information content (AvgIpc) is 3.59. The van der Waals surface area contributed by atoms with Gasteiger partial charge in [0, 0.05) is 24.0 Å². The van der Waals surface area contributed by atoms with Gasteiger partial charge in [-0.1, -0.05) is 12.1 Å². The number of rotatable bonds is 5. The van der Waals surface area contributed by atoms with Crippen LogP contribution in [0.3, 0.4) is 0 Å². The molecule has 11 heteroatoms. The van der Waals surface area contributed by atoms with E-state index in [1.807, 2.05) is 4.90 Å². The fourth-order valence-electron chi connectivity index (χ4n) is 7.45. The number of hydrogen-bond acceptors (Lipinski definition) is 7. The number of phenolic OH excluding ortho intramolecular Hbond substituents is 1. The summed E-state index contributed by atoms with van der Waals surface area (Å²) in [5, 5.41) is 20.5. The third kappa shape index (κ3) is 3.93. The van der Waals surface area contributed by atoms with Crippen LogP contribution in [0.25, 0.3) is 22.0 Å². The topological polar surface area (TPSA) is 102 Å². The number of nitrogens with zero attached hydrogens (tertiary/aromatic N) is 5. The summed E-state index contributed by atoms with van der Waals surface area (Å²) in [4.78, 5) is 27.1. The number of benzene rings is 2. The lowest BCUT2D eigenvalue weighted by atomic mass is 9.95. The summed E-state index contributed by atoms with van der Waals surface area (Å²) in [5.41, 5.74) is -0.431. The number of ether oxygens (including phenoxy) is 1. The first-order valence-corrected chi connectivity index (χ1v) is 14.0. The predicted molar refractivity (Wildman–Crippen MR) is 144 cm³/mol. The molecule has 1 aromatic heterocycles. The smallest absolute Gasteiger partial charge is 0.407 e. The van der Waals surface area contributed by atoms with E-state index < -0.39 is 17.7 Å². The largest absolute Gasteiger partial charge is 0.507 e. The maximum Gasteiger partial charge on any atom is 0.407 e. The van der Waals surface area contributed by atoms with Crippen LogP contribution in [-0.4, -0.2) is 86.5 Å². The highest BCUT2D eigenvalue weighted by atomic mass is 19.1. The molecule has 4 aliphatic rings. The van der Waals surface area contributed by atoms with Gasteiger partial charge in [0.25, 0.3) is 0 Å². The number of fused-ring (bicyclic) bond motifs is 4. The average molecular weight is 552 g/mol. The Labute approximate surface area is 230 Å². The Hall–Kier alpha value is -3.73. The highest BCUT2D eigenvalue weighted by molar-refractivity contribution is 5.94. The Balaban J connectivity index is 1.32. The summed E-state index contributed by atoms with van der Waals surface area (Å²) in [7, 11) is 0. The Bertz CT molecular complexity index is 1460. The molecule has 0 saturated carbocycles. The summed E-state index contributed by atoms with van der Waals surface area (Å²) in [5.74, 6) is -1.42. The number of phenols is 1. The van der Waals surface area contributed by atoms with Crippen molar-refractivity contribution >= 4 is 22.8 Å². The Kier molecular flexibility index (Phi) is 5.95. The molecule has 0 aliphatic carbocycles. The molecule has 9 nitrogen and oxygen atoms in total. The van der Waals surface area contributed by atoms with Crippen LogP contribution in [0.15, 0.2) is 30.3 Å². The number of halogens is 2. The van der Waals surface area contributed by atoms with Crippen molar-refractivity contribution in [1.82, 2.24) is 19.8 Å². The standard InChI is InChI=1S/C29H31F2N5O4/c30-21-4-1-5-22(37)23(21)19-8-9-20-25(24(19)31)32-27(40-16-29-10-2-12-35(29)13-3-11-29)33-26(20)34-14-17-6-7-18(15-34)36(17)28(38)39/h1,4-5,8-9,17-18,37H,2-3,6-7,10-16H2,(H,38,39)/t17-,18+. The van der Waals surface area contributed by atoms with Gasteiger partial charge in [0.2, 0.25) is 0 Å². The van der Waals surface area contributed by atoms with Crippen molar-refractivity contribution in [3.63, 3.8) is 0 Å². The van der Waals surface area contributed by atoms with E-state index in [0.717, 1.165) is 51.6 Å². The van der Waals surface area contributed by atoms with Crippen LogP contribution in [0.5, 0.6) is 11.8 Å². The molecule has 2 bridgehead atoms. The van der Waals surface area contributed by atoms with Crippen molar-refractivity contribution in [3.8, 4) is 22.9 Å². The van der Waals surface area contributed by atoms with Gasteiger partial charge in [-0.3, -0.25) is 9.80 Å². The van der Waals surface area contributed by atoms with Crippen molar-refractivity contribution in [2.75, 3.05) is 37.7 Å². The molecule has 2 aromatic carbocycles. The lowest BCUT2D eigenvalue weighted by Gasteiger charge is -2.40. The predicted octanol–water partition coefficient (Wildman–Crippen LogP) is 4.62. The maximum atomic E-state index is 16.2. The zero-order chi connectivity index (χ0) is 27.6. The molecule has 7 rings (SSSR count). The molecular formula is C29H31F2N5O4. The zero-order valence-electron chi connectivity index (χ0n) is 22.0. The summed E-state index contributed by atoms with van der Waals surface area (Å²) in [6, 6.07) is 6.58. The minimum atomic E-state index is -0.930. The molecule has 3 aromatic rings. The van der Waals surface area contributed by atoms with Gasteiger partial charge in [-0.2, -0.15) is 9.97 Å². The number of carbonyl (C=O) groups is 1. The minimum absolute atomic E-state index is 0.0274. The SMILES string of the molecule is O=C(O)N1[C@@H]2CC[C@H]1CN(c1nc(OCC34CCCN3CCC4)nc3c(F)c(-c4c(O)cccc4F)ccc13)C2. The molecule has 0 unspecified atom stereocenters. The van der Waals surface area contributed by atoms with Gasteiger partial charge in [0.05, 0.1) is 23.2 Å². The lowest BCUT2D eigenvalue weighted by Crippen LogP contribution is -2.55. The van der Waals surface area contributed by atoms with E-state index in [1.54, 1.807) is 6.07 Å². The van der Waals surface area contributed by atoms with E-state index in [0.29, 0.717) is 30.9 Å². The van der Waals surface area contributed by atoms with Crippen LogP contribution in [0.4, 0.5) is 19.4 Å². The van der Waals surface area contributed by atoms with E-state index in [1.165, 1.54) is 29.2 Å². The summed E-state index contributed by atoms with van der Waals surface area (Å²) >= 11 is 0. The molecule has 40 heavy (non-hydrogen) atoms. The number of amides is 1. The van der Waals surface area contributed by atoms with E-state index in [4.69, 9.17) is 9.72 Å². The van der Waals surface area contributed by atoms with Gasteiger partial charge in [0.1, 0.15) is 29.5 Å². The maximum absolute atomic E-state index is 16.2. The molecule has 4 fully saturated rings. The molecule has 210 valence electrons. The quantitative estimate of drug-likeness (QED) is 0.474. The number of carboxylic acid groups (broad SMARTS) is 1. The van der Waals surface area contributed by atoms with Gasteiger partial charge in [-0.05, 0) is 69.8 Å². The second-order valence-corrected chi connectivity index (χ2v) is 11.5. The van der Waals surface area contributed by atoms with E-state index in [2.05, 4.69) is 9.88 Å². The number of hydrogen-bond donors (Lipinski definition) is 2. The fourth-order valence-corrected chi connectivity index (χ4v) is 7.45. The summed E-state index contributed by atoms with van der Waals surface area (Å²) in [6.07, 6.45) is 4.84. The number of aromatic nitrogens is 2. The molecule has 5 heterocycles. The van der Waals surface area contributed by atoms with Crippen LogP contribution >= 0.6 is 0 Å². The highest BCUT2D eigenvalue weighted by Crippen LogP contribution is 2.42. The van der Waals surface area contributed by atoms with Gasteiger partial charge in [-0.15, -0.1) is 0 Å². The van der Waals surface area contributed by atoms with Crippen LogP contribution in [0.2, 0.25) is 0 Å². The summed E-state index contributed by atoms with van der Waals surface area (Å²) in [6.45, 7) is 3.31. The number of piperazine rings is 1. The molecule has 0 radical (unpaired) electrons. The Morgan fingerprint density at radius 2 is 1.77 bits per heavy atom. The minimum Gasteiger partial charge on any atom is -0.507 e. The van der Waals surface area contributed by atoms with Crippen molar-refractivity contribution in [2.24, 2.45) is 0 Å². The van der Waals surface area contributed by atoms with Crippen molar-refractivity contribution in [3.05, 3.63) is 42.0 Å². The van der Waals surface area contributed by atoms with Crippen molar-refractivity contribution < 1.29 is 28.5 Å². The molecule has 1 amide bonds. The zero-order valence-corrected chi connectivity index (χ0v) is 22.0. The molecule has 2 N–H and O–H groups in total. The van der Waals surface area contributed by atoms with Crippen LogP contribution < -0.4 is 9.64 Å².